The molecule has 112 valence electrons. The highest BCUT2D eigenvalue weighted by Gasteiger charge is 2.26. The van der Waals surface area contributed by atoms with Crippen molar-refractivity contribution in [1.82, 2.24) is 14.2 Å². The second-order valence-electron chi connectivity index (χ2n) is 4.49. The number of carbonyl (C=O) groups is 1. The zero-order chi connectivity index (χ0) is 14.8. The molecule has 0 saturated carbocycles. The first-order chi connectivity index (χ1) is 9.38. The minimum absolute atomic E-state index is 0.0657. The number of rotatable bonds is 4. The van der Waals surface area contributed by atoms with Crippen LogP contribution < -0.4 is 10.0 Å². The molecule has 0 aromatic carbocycles. The Labute approximate surface area is 122 Å². The molecule has 1 amide bonds. The molecule has 0 radical (unpaired) electrons. The lowest BCUT2D eigenvalue weighted by atomic mass is 10.3. The molecule has 10 heteroatoms. The monoisotopic (exact) mass is 319 g/mol. The van der Waals surface area contributed by atoms with Crippen molar-refractivity contribution in [2.75, 3.05) is 44.7 Å². The van der Waals surface area contributed by atoms with E-state index < -0.39 is 10.2 Å². The second kappa shape index (κ2) is 6.14. The molecule has 1 saturated heterocycles. The summed E-state index contributed by atoms with van der Waals surface area (Å²) in [6, 6.07) is 0. The molecular weight excluding hydrogens is 302 g/mol. The number of piperazine rings is 1. The van der Waals surface area contributed by atoms with Gasteiger partial charge in [-0.3, -0.25) is 14.6 Å². The Kier molecular flexibility index (Phi) is 4.70. The van der Waals surface area contributed by atoms with Crippen LogP contribution in [0.3, 0.4) is 0 Å². The summed E-state index contributed by atoms with van der Waals surface area (Å²) in [5.74, 6) is -0.0657. The van der Waals surface area contributed by atoms with Crippen molar-refractivity contribution in [1.29, 1.82) is 0 Å². The Balaban J connectivity index is 1.85. The van der Waals surface area contributed by atoms with Gasteiger partial charge >= 0.3 is 0 Å². The molecule has 2 N–H and O–H groups in total. The number of likely N-dealkylation sites (N-methyl/N-ethyl adjacent to an activating group) is 1. The minimum Gasteiger partial charge on any atom is -0.292 e. The Morgan fingerprint density at radius 1 is 1.45 bits per heavy atom. The molecule has 0 bridgehead atoms. The number of carbonyl (C=O) groups excluding carboxylic acids is 1. The highest BCUT2D eigenvalue weighted by molar-refractivity contribution is 7.86. The van der Waals surface area contributed by atoms with E-state index in [2.05, 4.69) is 4.98 Å². The fraction of sp³-hybridized carbons (Fsp3) is 0.600. The van der Waals surface area contributed by atoms with Gasteiger partial charge in [-0.1, -0.05) is 0 Å². The van der Waals surface area contributed by atoms with E-state index in [0.29, 0.717) is 31.3 Å². The largest absolute Gasteiger partial charge is 0.292 e. The molecular formula is C10H17N5O3S2. The van der Waals surface area contributed by atoms with Gasteiger partial charge in [0, 0.05) is 44.8 Å². The smallest absolute Gasteiger partial charge is 0.276 e. The number of amides is 1. The van der Waals surface area contributed by atoms with Crippen LogP contribution in [0, 0.1) is 0 Å². The third kappa shape index (κ3) is 3.73. The zero-order valence-electron chi connectivity index (χ0n) is 11.1. The average molecular weight is 319 g/mol. The van der Waals surface area contributed by atoms with Gasteiger partial charge in [0.1, 0.15) is 0 Å². The molecule has 20 heavy (non-hydrogen) atoms. The Bertz CT molecular complexity index is 551. The summed E-state index contributed by atoms with van der Waals surface area (Å²) < 4.78 is 23.6. The molecule has 0 aliphatic carbocycles. The maximum atomic E-state index is 12.1. The Hall–Kier alpha value is -1.07. The molecule has 1 fully saturated rings. The van der Waals surface area contributed by atoms with Crippen LogP contribution in [0.5, 0.6) is 0 Å². The molecule has 8 nitrogen and oxygen atoms in total. The Morgan fingerprint density at radius 2 is 2.10 bits per heavy atom. The van der Waals surface area contributed by atoms with E-state index >= 15 is 0 Å². The number of aromatic nitrogens is 1. The van der Waals surface area contributed by atoms with Gasteiger partial charge in [-0.15, -0.1) is 11.3 Å². The first-order valence-corrected chi connectivity index (χ1v) is 8.42. The molecule has 1 aliphatic rings. The first kappa shape index (κ1) is 15.3. The topological polar surface area (TPSA) is 99.8 Å². The normalized spacial score (nSPS) is 18.1. The summed E-state index contributed by atoms with van der Waals surface area (Å²) in [5.41, 5.74) is 0. The van der Waals surface area contributed by atoms with Crippen molar-refractivity contribution in [2.24, 2.45) is 5.14 Å². The van der Waals surface area contributed by atoms with Crippen molar-refractivity contribution in [3.05, 3.63) is 11.6 Å². The van der Waals surface area contributed by atoms with Crippen LogP contribution in [-0.2, 0) is 15.0 Å². The summed E-state index contributed by atoms with van der Waals surface area (Å²) in [5, 5.41) is 7.53. The molecule has 0 spiro atoms. The van der Waals surface area contributed by atoms with Crippen LogP contribution in [0.15, 0.2) is 11.6 Å². The van der Waals surface area contributed by atoms with Gasteiger partial charge in [0.15, 0.2) is 5.13 Å². The van der Waals surface area contributed by atoms with Crippen LogP contribution in [0.4, 0.5) is 5.13 Å². The van der Waals surface area contributed by atoms with Gasteiger partial charge in [-0.25, -0.2) is 10.1 Å². The van der Waals surface area contributed by atoms with Gasteiger partial charge < -0.3 is 0 Å². The first-order valence-electron chi connectivity index (χ1n) is 6.04. The third-order valence-electron chi connectivity index (χ3n) is 3.13. The van der Waals surface area contributed by atoms with Gasteiger partial charge in [0.05, 0.1) is 6.54 Å². The third-order valence-corrected chi connectivity index (χ3v) is 5.06. The predicted molar refractivity (Wildman–Crippen MR) is 76.6 cm³/mol. The van der Waals surface area contributed by atoms with Gasteiger partial charge in [0.2, 0.25) is 5.91 Å². The minimum atomic E-state index is -3.63. The van der Waals surface area contributed by atoms with E-state index in [1.165, 1.54) is 20.5 Å². The molecule has 2 heterocycles. The molecule has 2 rings (SSSR count). The average Bonchev–Trinajstić information content (AvgIpc) is 2.91. The lowest BCUT2D eigenvalue weighted by molar-refractivity contribution is -0.119. The van der Waals surface area contributed by atoms with E-state index in [1.54, 1.807) is 13.2 Å². The van der Waals surface area contributed by atoms with Crippen molar-refractivity contribution in [2.45, 2.75) is 0 Å². The summed E-state index contributed by atoms with van der Waals surface area (Å²) >= 11 is 1.40. The number of thiazole rings is 1. The Morgan fingerprint density at radius 3 is 2.60 bits per heavy atom. The molecule has 0 atom stereocenters. The van der Waals surface area contributed by atoms with Crippen LogP contribution in [0.25, 0.3) is 0 Å². The van der Waals surface area contributed by atoms with Gasteiger partial charge in [-0.2, -0.15) is 12.7 Å². The highest BCUT2D eigenvalue weighted by atomic mass is 32.2. The van der Waals surface area contributed by atoms with Crippen molar-refractivity contribution < 1.29 is 13.2 Å². The quantitative estimate of drug-likeness (QED) is 0.761. The van der Waals surface area contributed by atoms with E-state index in [4.69, 9.17) is 5.14 Å². The van der Waals surface area contributed by atoms with Crippen molar-refractivity contribution in [3.63, 3.8) is 0 Å². The van der Waals surface area contributed by atoms with Crippen LogP contribution >= 0.6 is 11.3 Å². The van der Waals surface area contributed by atoms with Gasteiger partial charge in [-0.05, 0) is 0 Å². The summed E-state index contributed by atoms with van der Waals surface area (Å²) in [6.07, 6.45) is 1.65. The van der Waals surface area contributed by atoms with Crippen LogP contribution in [0.1, 0.15) is 0 Å². The van der Waals surface area contributed by atoms with E-state index in [1.807, 2.05) is 10.3 Å². The van der Waals surface area contributed by atoms with E-state index in [-0.39, 0.29) is 12.5 Å². The van der Waals surface area contributed by atoms with Crippen molar-refractivity contribution >= 4 is 32.6 Å². The predicted octanol–water partition coefficient (Wildman–Crippen LogP) is -1.07. The maximum absolute atomic E-state index is 12.1. The van der Waals surface area contributed by atoms with Crippen LogP contribution in [0.2, 0.25) is 0 Å². The van der Waals surface area contributed by atoms with Gasteiger partial charge in [0.25, 0.3) is 10.2 Å². The lowest BCUT2D eigenvalue weighted by Gasteiger charge is -2.32. The standard InChI is InChI=1S/C10H17N5O3S2/c1-13(10-12-2-7-19-10)9(16)8-14-3-5-15(6-4-14)20(11,17)18/h2,7H,3-6,8H2,1H3,(H2,11,17,18). The number of hydrogen-bond donors (Lipinski definition) is 1. The zero-order valence-corrected chi connectivity index (χ0v) is 12.7. The number of nitrogens with two attached hydrogens (primary N) is 1. The highest BCUT2D eigenvalue weighted by Crippen LogP contribution is 2.16. The fourth-order valence-corrected chi connectivity index (χ4v) is 3.23. The van der Waals surface area contributed by atoms with E-state index in [9.17, 15) is 13.2 Å². The fourth-order valence-electron chi connectivity index (χ4n) is 1.93. The summed E-state index contributed by atoms with van der Waals surface area (Å²) in [4.78, 5) is 19.6. The van der Waals surface area contributed by atoms with Crippen LogP contribution in [-0.4, -0.2) is 68.3 Å². The molecule has 1 aromatic heterocycles. The number of hydrogen-bond acceptors (Lipinski definition) is 6. The number of nitrogens with zero attached hydrogens (tertiary/aromatic N) is 4. The molecule has 1 aliphatic heterocycles. The number of anilines is 1. The summed E-state index contributed by atoms with van der Waals surface area (Å²) in [7, 11) is -1.94. The second-order valence-corrected chi connectivity index (χ2v) is 6.91. The molecule has 1 aromatic rings. The summed E-state index contributed by atoms with van der Waals surface area (Å²) in [6.45, 7) is 1.86. The maximum Gasteiger partial charge on any atom is 0.276 e. The SMILES string of the molecule is CN(C(=O)CN1CCN(S(N)(=O)=O)CC1)c1nccs1. The molecule has 0 unspecified atom stereocenters. The van der Waals surface area contributed by atoms with E-state index in [0.717, 1.165) is 0 Å². The van der Waals surface area contributed by atoms with Crippen molar-refractivity contribution in [3.8, 4) is 0 Å². The lowest BCUT2D eigenvalue weighted by Crippen LogP contribution is -2.52.